The SMILES string of the molecule is N#Cc1ccc2c3c(cccc13)-c1ccccc1C2=O. The Morgan fingerprint density at radius 3 is 2.30 bits per heavy atom. The van der Waals surface area contributed by atoms with Crippen LogP contribution >= 0.6 is 0 Å². The molecule has 20 heavy (non-hydrogen) atoms. The van der Waals surface area contributed by atoms with Crippen molar-refractivity contribution in [1.29, 1.82) is 5.26 Å². The highest BCUT2D eigenvalue weighted by molar-refractivity contribution is 6.26. The van der Waals surface area contributed by atoms with Crippen LogP contribution in [0.4, 0.5) is 0 Å². The predicted molar refractivity (Wildman–Crippen MR) is 77.5 cm³/mol. The lowest BCUT2D eigenvalue weighted by Crippen LogP contribution is -2.10. The van der Waals surface area contributed by atoms with Gasteiger partial charge in [-0.2, -0.15) is 5.26 Å². The maximum absolute atomic E-state index is 12.6. The summed E-state index contributed by atoms with van der Waals surface area (Å²) < 4.78 is 0. The summed E-state index contributed by atoms with van der Waals surface area (Å²) >= 11 is 0. The molecule has 0 unspecified atom stereocenters. The number of fused-ring (bicyclic) bond motifs is 2. The minimum Gasteiger partial charge on any atom is -0.289 e. The van der Waals surface area contributed by atoms with Crippen LogP contribution in [0.3, 0.4) is 0 Å². The van der Waals surface area contributed by atoms with Gasteiger partial charge in [0.1, 0.15) is 0 Å². The molecular formula is C18H9NO. The zero-order valence-electron chi connectivity index (χ0n) is 10.6. The zero-order valence-corrected chi connectivity index (χ0v) is 10.6. The number of ketones is 1. The first kappa shape index (κ1) is 11.0. The van der Waals surface area contributed by atoms with Crippen LogP contribution in [0.15, 0.2) is 54.6 Å². The quantitative estimate of drug-likeness (QED) is 0.477. The topological polar surface area (TPSA) is 40.9 Å². The highest BCUT2D eigenvalue weighted by atomic mass is 16.1. The summed E-state index contributed by atoms with van der Waals surface area (Å²) in [5.41, 5.74) is 4.01. The van der Waals surface area contributed by atoms with Crippen LogP contribution in [-0.4, -0.2) is 5.78 Å². The van der Waals surface area contributed by atoms with Gasteiger partial charge in [-0.1, -0.05) is 42.5 Å². The molecule has 4 rings (SSSR count). The fraction of sp³-hybridized carbons (Fsp3) is 0. The first-order valence-corrected chi connectivity index (χ1v) is 6.41. The molecule has 0 atom stereocenters. The van der Waals surface area contributed by atoms with Gasteiger partial charge in [0.15, 0.2) is 5.78 Å². The summed E-state index contributed by atoms with van der Waals surface area (Å²) in [7, 11) is 0. The van der Waals surface area contributed by atoms with Crippen molar-refractivity contribution in [2.24, 2.45) is 0 Å². The van der Waals surface area contributed by atoms with E-state index in [9.17, 15) is 10.1 Å². The third-order valence-electron chi connectivity index (χ3n) is 3.87. The van der Waals surface area contributed by atoms with Gasteiger partial charge < -0.3 is 0 Å². The molecule has 0 amide bonds. The molecule has 0 heterocycles. The van der Waals surface area contributed by atoms with Crippen LogP contribution in [0.5, 0.6) is 0 Å². The number of benzene rings is 3. The molecule has 0 fully saturated rings. The molecule has 2 nitrogen and oxygen atoms in total. The van der Waals surface area contributed by atoms with Crippen LogP contribution in [0.25, 0.3) is 21.9 Å². The molecule has 0 bridgehead atoms. The molecule has 0 aliphatic heterocycles. The van der Waals surface area contributed by atoms with E-state index in [4.69, 9.17) is 0 Å². The Hall–Kier alpha value is -2.92. The Morgan fingerprint density at radius 2 is 1.50 bits per heavy atom. The zero-order chi connectivity index (χ0) is 13.7. The summed E-state index contributed by atoms with van der Waals surface area (Å²) in [4.78, 5) is 12.6. The largest absolute Gasteiger partial charge is 0.289 e. The fourth-order valence-corrected chi connectivity index (χ4v) is 2.98. The van der Waals surface area contributed by atoms with E-state index in [0.29, 0.717) is 11.1 Å². The van der Waals surface area contributed by atoms with Gasteiger partial charge >= 0.3 is 0 Å². The number of nitriles is 1. The second kappa shape index (κ2) is 3.79. The molecule has 0 radical (unpaired) electrons. The Bertz CT molecular complexity index is 932. The van der Waals surface area contributed by atoms with Crippen molar-refractivity contribution in [3.05, 3.63) is 71.3 Å². The molecule has 3 aromatic carbocycles. The summed E-state index contributed by atoms with van der Waals surface area (Å²) in [5, 5.41) is 11.0. The van der Waals surface area contributed by atoms with E-state index in [1.807, 2.05) is 42.5 Å². The Labute approximate surface area is 115 Å². The highest BCUT2D eigenvalue weighted by Crippen LogP contribution is 2.39. The lowest BCUT2D eigenvalue weighted by molar-refractivity contribution is 0.104. The van der Waals surface area contributed by atoms with Gasteiger partial charge in [0, 0.05) is 21.9 Å². The Morgan fingerprint density at radius 1 is 0.750 bits per heavy atom. The normalized spacial score (nSPS) is 12.1. The Balaban J connectivity index is 2.27. The van der Waals surface area contributed by atoms with Gasteiger partial charge in [-0.3, -0.25) is 4.79 Å². The van der Waals surface area contributed by atoms with Crippen LogP contribution in [0.1, 0.15) is 21.5 Å². The Kier molecular flexibility index (Phi) is 2.07. The van der Waals surface area contributed by atoms with Gasteiger partial charge in [0.05, 0.1) is 11.6 Å². The molecule has 3 aromatic rings. The average Bonchev–Trinajstić information content (AvgIpc) is 2.52. The number of rotatable bonds is 0. The molecule has 92 valence electrons. The van der Waals surface area contributed by atoms with Crippen molar-refractivity contribution in [2.75, 3.05) is 0 Å². The number of hydrogen-bond donors (Lipinski definition) is 0. The van der Waals surface area contributed by atoms with E-state index in [0.717, 1.165) is 27.5 Å². The van der Waals surface area contributed by atoms with Crippen LogP contribution in [0, 0.1) is 11.3 Å². The van der Waals surface area contributed by atoms with Crippen molar-refractivity contribution in [3.8, 4) is 17.2 Å². The maximum atomic E-state index is 12.6. The van der Waals surface area contributed by atoms with Gasteiger partial charge in [0.25, 0.3) is 0 Å². The van der Waals surface area contributed by atoms with Crippen molar-refractivity contribution in [1.82, 2.24) is 0 Å². The van der Waals surface area contributed by atoms with E-state index >= 15 is 0 Å². The average molecular weight is 255 g/mol. The second-order valence-electron chi connectivity index (χ2n) is 4.88. The molecule has 0 saturated carbocycles. The molecule has 2 heteroatoms. The summed E-state index contributed by atoms with van der Waals surface area (Å²) in [5.74, 6) is 0.0359. The predicted octanol–water partition coefficient (Wildman–Crippen LogP) is 3.92. The summed E-state index contributed by atoms with van der Waals surface area (Å²) in [6.45, 7) is 0. The molecule has 1 aliphatic carbocycles. The van der Waals surface area contributed by atoms with Gasteiger partial charge in [0.2, 0.25) is 0 Å². The van der Waals surface area contributed by atoms with E-state index in [-0.39, 0.29) is 5.78 Å². The highest BCUT2D eigenvalue weighted by Gasteiger charge is 2.25. The van der Waals surface area contributed by atoms with Crippen molar-refractivity contribution >= 4 is 16.6 Å². The van der Waals surface area contributed by atoms with E-state index in [1.165, 1.54) is 0 Å². The summed E-state index contributed by atoms with van der Waals surface area (Å²) in [6, 6.07) is 19.2. The van der Waals surface area contributed by atoms with E-state index < -0.39 is 0 Å². The van der Waals surface area contributed by atoms with E-state index in [2.05, 4.69) is 6.07 Å². The van der Waals surface area contributed by atoms with Crippen molar-refractivity contribution < 1.29 is 4.79 Å². The maximum Gasteiger partial charge on any atom is 0.194 e. The molecule has 0 aromatic heterocycles. The first-order valence-electron chi connectivity index (χ1n) is 6.41. The van der Waals surface area contributed by atoms with Crippen molar-refractivity contribution in [3.63, 3.8) is 0 Å². The van der Waals surface area contributed by atoms with E-state index in [1.54, 1.807) is 12.1 Å². The monoisotopic (exact) mass is 255 g/mol. The van der Waals surface area contributed by atoms with Crippen LogP contribution < -0.4 is 0 Å². The van der Waals surface area contributed by atoms with Crippen LogP contribution in [0.2, 0.25) is 0 Å². The fourth-order valence-electron chi connectivity index (χ4n) is 2.98. The molecule has 0 saturated heterocycles. The summed E-state index contributed by atoms with van der Waals surface area (Å²) in [6.07, 6.45) is 0. The molecule has 0 spiro atoms. The molecule has 0 N–H and O–H groups in total. The third kappa shape index (κ3) is 1.24. The minimum atomic E-state index is 0.0359. The molecular weight excluding hydrogens is 246 g/mol. The lowest BCUT2D eigenvalue weighted by atomic mass is 9.82. The smallest absolute Gasteiger partial charge is 0.194 e. The lowest BCUT2D eigenvalue weighted by Gasteiger charge is -2.19. The number of carbonyl (C=O) groups excluding carboxylic acids is 1. The van der Waals surface area contributed by atoms with Crippen LogP contribution in [-0.2, 0) is 0 Å². The van der Waals surface area contributed by atoms with Gasteiger partial charge in [-0.15, -0.1) is 0 Å². The number of nitrogens with zero attached hydrogens (tertiary/aromatic N) is 1. The second-order valence-corrected chi connectivity index (χ2v) is 4.88. The van der Waals surface area contributed by atoms with Gasteiger partial charge in [-0.25, -0.2) is 0 Å². The molecule has 1 aliphatic rings. The van der Waals surface area contributed by atoms with Gasteiger partial charge in [-0.05, 0) is 23.3 Å². The van der Waals surface area contributed by atoms with Crippen molar-refractivity contribution in [2.45, 2.75) is 0 Å². The number of hydrogen-bond acceptors (Lipinski definition) is 2. The standard InChI is InChI=1S/C18H9NO/c19-10-11-8-9-16-17-12(11)6-3-7-14(17)13-4-1-2-5-15(13)18(16)20/h1-9H. The minimum absolute atomic E-state index is 0.0359. The third-order valence-corrected chi connectivity index (χ3v) is 3.87. The first-order chi connectivity index (χ1) is 9.81. The number of carbonyl (C=O) groups is 1.